The Morgan fingerprint density at radius 2 is 1.87 bits per heavy atom. The summed E-state index contributed by atoms with van der Waals surface area (Å²) >= 11 is 0. The quantitative estimate of drug-likeness (QED) is 0.850. The molecule has 2 aliphatic heterocycles. The van der Waals surface area contributed by atoms with Crippen molar-refractivity contribution in [3.8, 4) is 0 Å². The highest BCUT2D eigenvalue weighted by molar-refractivity contribution is 5.82. The number of hydrogen-bond donors (Lipinski definition) is 0. The number of rotatable bonds is 4. The maximum absolute atomic E-state index is 12.6. The lowest BCUT2D eigenvalue weighted by Crippen LogP contribution is -2.37. The SMILES string of the molecule is CC(=Cc1ccccc1)C1CC(CN2CCCCC2)C(=O)N1C. The molecule has 2 saturated heterocycles. The summed E-state index contributed by atoms with van der Waals surface area (Å²) in [6, 6.07) is 10.6. The van der Waals surface area contributed by atoms with Crippen molar-refractivity contribution in [3.63, 3.8) is 0 Å². The Kier molecular flexibility index (Phi) is 5.16. The normalized spacial score (nSPS) is 26.8. The van der Waals surface area contributed by atoms with Gasteiger partial charge in [-0.15, -0.1) is 0 Å². The van der Waals surface area contributed by atoms with E-state index in [0.717, 1.165) is 26.1 Å². The van der Waals surface area contributed by atoms with E-state index in [1.54, 1.807) is 0 Å². The molecule has 0 saturated carbocycles. The van der Waals surface area contributed by atoms with Gasteiger partial charge >= 0.3 is 0 Å². The largest absolute Gasteiger partial charge is 0.339 e. The van der Waals surface area contributed by atoms with Crippen LogP contribution in [0.3, 0.4) is 0 Å². The third-order valence-corrected chi connectivity index (χ3v) is 5.32. The summed E-state index contributed by atoms with van der Waals surface area (Å²) in [4.78, 5) is 17.1. The van der Waals surface area contributed by atoms with Crippen molar-refractivity contribution in [3.05, 3.63) is 41.5 Å². The summed E-state index contributed by atoms with van der Waals surface area (Å²) in [5, 5.41) is 0. The van der Waals surface area contributed by atoms with Crippen LogP contribution in [0, 0.1) is 5.92 Å². The van der Waals surface area contributed by atoms with Gasteiger partial charge in [0, 0.05) is 13.6 Å². The van der Waals surface area contributed by atoms with Gasteiger partial charge in [0.15, 0.2) is 0 Å². The Bertz CT molecular complexity index is 560. The zero-order chi connectivity index (χ0) is 16.2. The molecule has 3 heteroatoms. The summed E-state index contributed by atoms with van der Waals surface area (Å²) in [6.07, 6.45) is 7.09. The fourth-order valence-electron chi connectivity index (χ4n) is 3.98. The first kappa shape index (κ1) is 16.3. The number of hydrogen-bond acceptors (Lipinski definition) is 2. The molecule has 0 N–H and O–H groups in total. The molecule has 0 aromatic heterocycles. The number of piperidine rings is 1. The lowest BCUT2D eigenvalue weighted by Gasteiger charge is -2.28. The van der Waals surface area contributed by atoms with E-state index < -0.39 is 0 Å². The first-order chi connectivity index (χ1) is 11.1. The zero-order valence-electron chi connectivity index (χ0n) is 14.4. The van der Waals surface area contributed by atoms with Crippen molar-refractivity contribution in [2.75, 3.05) is 26.7 Å². The molecule has 2 atom stereocenters. The lowest BCUT2D eigenvalue weighted by molar-refractivity contribution is -0.131. The minimum absolute atomic E-state index is 0.169. The van der Waals surface area contributed by atoms with Gasteiger partial charge in [-0.2, -0.15) is 0 Å². The number of carbonyl (C=O) groups excluding carboxylic acids is 1. The van der Waals surface area contributed by atoms with Crippen LogP contribution in [-0.2, 0) is 4.79 Å². The number of likely N-dealkylation sites (tertiary alicyclic amines) is 2. The van der Waals surface area contributed by atoms with E-state index in [-0.39, 0.29) is 12.0 Å². The second kappa shape index (κ2) is 7.31. The predicted molar refractivity (Wildman–Crippen MR) is 95.0 cm³/mol. The molecule has 2 unspecified atom stereocenters. The van der Waals surface area contributed by atoms with Gasteiger partial charge in [0.25, 0.3) is 0 Å². The van der Waals surface area contributed by atoms with Crippen LogP contribution in [0.1, 0.15) is 38.2 Å². The molecule has 2 fully saturated rings. The highest BCUT2D eigenvalue weighted by Gasteiger charge is 2.38. The van der Waals surface area contributed by atoms with Crippen molar-refractivity contribution in [1.82, 2.24) is 9.80 Å². The van der Waals surface area contributed by atoms with Crippen molar-refractivity contribution in [1.29, 1.82) is 0 Å². The van der Waals surface area contributed by atoms with Gasteiger partial charge in [-0.3, -0.25) is 4.79 Å². The number of benzene rings is 1. The van der Waals surface area contributed by atoms with Gasteiger partial charge < -0.3 is 9.80 Å². The Hall–Kier alpha value is -1.61. The van der Waals surface area contributed by atoms with E-state index in [1.807, 2.05) is 18.0 Å². The molecule has 124 valence electrons. The standard InChI is InChI=1S/C20H28N2O/c1-16(13-17-9-5-3-6-10-17)19-14-18(20(23)21(19)2)15-22-11-7-4-8-12-22/h3,5-6,9-10,13,18-19H,4,7-8,11-12,14-15H2,1-2H3. The number of carbonyl (C=O) groups is 1. The van der Waals surface area contributed by atoms with E-state index in [2.05, 4.69) is 42.2 Å². The minimum atomic E-state index is 0.169. The van der Waals surface area contributed by atoms with E-state index in [4.69, 9.17) is 0 Å². The summed E-state index contributed by atoms with van der Waals surface area (Å²) in [6.45, 7) is 5.43. The zero-order valence-corrected chi connectivity index (χ0v) is 14.4. The van der Waals surface area contributed by atoms with E-state index in [9.17, 15) is 4.79 Å². The molecule has 3 nitrogen and oxygen atoms in total. The van der Waals surface area contributed by atoms with Crippen LogP contribution in [0.15, 0.2) is 35.9 Å². The van der Waals surface area contributed by atoms with Gasteiger partial charge in [0.2, 0.25) is 5.91 Å². The second-order valence-electron chi connectivity index (χ2n) is 7.06. The van der Waals surface area contributed by atoms with Crippen molar-refractivity contribution >= 4 is 12.0 Å². The highest BCUT2D eigenvalue weighted by atomic mass is 16.2. The van der Waals surface area contributed by atoms with Crippen LogP contribution in [0.4, 0.5) is 0 Å². The molecule has 0 spiro atoms. The Balaban J connectivity index is 1.66. The molecular formula is C20H28N2O. The average Bonchev–Trinajstić information content (AvgIpc) is 2.85. The molecule has 1 aromatic carbocycles. The molecule has 0 bridgehead atoms. The van der Waals surface area contributed by atoms with Gasteiger partial charge in [-0.25, -0.2) is 0 Å². The molecule has 23 heavy (non-hydrogen) atoms. The first-order valence-corrected chi connectivity index (χ1v) is 8.87. The van der Waals surface area contributed by atoms with Crippen molar-refractivity contribution in [2.45, 2.75) is 38.6 Å². The molecule has 0 aliphatic carbocycles. The second-order valence-corrected chi connectivity index (χ2v) is 7.06. The minimum Gasteiger partial charge on any atom is -0.339 e. The predicted octanol–water partition coefficient (Wildman–Crippen LogP) is 3.42. The molecular weight excluding hydrogens is 284 g/mol. The molecule has 2 heterocycles. The fourth-order valence-corrected chi connectivity index (χ4v) is 3.98. The van der Waals surface area contributed by atoms with Crippen LogP contribution in [0.2, 0.25) is 0 Å². The van der Waals surface area contributed by atoms with Crippen LogP contribution >= 0.6 is 0 Å². The van der Waals surface area contributed by atoms with E-state index in [0.29, 0.717) is 5.91 Å². The van der Waals surface area contributed by atoms with Gasteiger partial charge in [-0.1, -0.05) is 48.4 Å². The molecule has 1 amide bonds. The molecule has 1 aromatic rings. The summed E-state index contributed by atoms with van der Waals surface area (Å²) < 4.78 is 0. The van der Waals surface area contributed by atoms with Gasteiger partial charge in [0.1, 0.15) is 0 Å². The lowest BCUT2D eigenvalue weighted by atomic mass is 9.98. The summed E-state index contributed by atoms with van der Waals surface area (Å²) in [7, 11) is 1.96. The maximum atomic E-state index is 12.6. The third-order valence-electron chi connectivity index (χ3n) is 5.32. The van der Waals surface area contributed by atoms with E-state index >= 15 is 0 Å². The first-order valence-electron chi connectivity index (χ1n) is 8.87. The molecule has 0 radical (unpaired) electrons. The van der Waals surface area contributed by atoms with Gasteiger partial charge in [0.05, 0.1) is 12.0 Å². The smallest absolute Gasteiger partial charge is 0.227 e. The number of nitrogens with zero attached hydrogens (tertiary/aromatic N) is 2. The summed E-state index contributed by atoms with van der Waals surface area (Å²) in [5.41, 5.74) is 2.50. The molecule has 3 rings (SSSR count). The van der Waals surface area contributed by atoms with Crippen LogP contribution < -0.4 is 0 Å². The van der Waals surface area contributed by atoms with Crippen LogP contribution in [0.5, 0.6) is 0 Å². The summed E-state index contributed by atoms with van der Waals surface area (Å²) in [5.74, 6) is 0.489. The monoisotopic (exact) mass is 312 g/mol. The topological polar surface area (TPSA) is 23.6 Å². The van der Waals surface area contributed by atoms with E-state index in [1.165, 1.54) is 30.4 Å². The van der Waals surface area contributed by atoms with Crippen molar-refractivity contribution in [2.24, 2.45) is 5.92 Å². The fraction of sp³-hybridized carbons (Fsp3) is 0.550. The Labute approximate surface area is 140 Å². The van der Waals surface area contributed by atoms with Crippen molar-refractivity contribution < 1.29 is 4.79 Å². The highest BCUT2D eigenvalue weighted by Crippen LogP contribution is 2.30. The van der Waals surface area contributed by atoms with Crippen LogP contribution in [-0.4, -0.2) is 48.4 Å². The Morgan fingerprint density at radius 1 is 1.17 bits per heavy atom. The average molecular weight is 312 g/mol. The number of likely N-dealkylation sites (N-methyl/N-ethyl adjacent to an activating group) is 1. The van der Waals surface area contributed by atoms with Crippen LogP contribution in [0.25, 0.3) is 6.08 Å². The maximum Gasteiger partial charge on any atom is 0.227 e. The Morgan fingerprint density at radius 3 is 2.57 bits per heavy atom. The van der Waals surface area contributed by atoms with Gasteiger partial charge in [-0.05, 0) is 44.8 Å². The number of amides is 1. The third kappa shape index (κ3) is 3.84. The molecule has 2 aliphatic rings.